The molecule has 0 radical (unpaired) electrons. The quantitative estimate of drug-likeness (QED) is 0.561. The zero-order chi connectivity index (χ0) is 12.5. The fraction of sp³-hybridized carbons (Fsp3) is 0. The van der Waals surface area contributed by atoms with Crippen molar-refractivity contribution in [2.75, 3.05) is 5.43 Å². The largest absolute Gasteiger partial charge is 0.308 e. The number of fused-ring (bicyclic) bond motifs is 1. The second-order valence-corrected chi connectivity index (χ2v) is 5.48. The first-order valence-corrected chi connectivity index (χ1v) is 6.91. The molecule has 0 saturated carbocycles. The monoisotopic (exact) mass is 320 g/mol. The van der Waals surface area contributed by atoms with Gasteiger partial charge in [0.15, 0.2) is 5.82 Å². The van der Waals surface area contributed by atoms with Crippen LogP contribution in [0.25, 0.3) is 21.3 Å². The number of hydrogen-bond donors (Lipinski definition) is 2. The number of rotatable bonds is 2. The average molecular weight is 321 g/mol. The third-order valence-electron chi connectivity index (χ3n) is 2.66. The maximum atomic E-state index is 5.50. The Morgan fingerprint density at radius 1 is 1.17 bits per heavy atom. The summed E-state index contributed by atoms with van der Waals surface area (Å²) >= 11 is 5.02. The summed E-state index contributed by atoms with van der Waals surface area (Å²) in [6.45, 7) is 0. The van der Waals surface area contributed by atoms with E-state index in [1.807, 2.05) is 12.1 Å². The highest BCUT2D eigenvalue weighted by Crippen LogP contribution is 2.36. The molecule has 0 aliphatic heterocycles. The van der Waals surface area contributed by atoms with Crippen molar-refractivity contribution >= 4 is 43.3 Å². The first kappa shape index (κ1) is 11.6. The Hall–Kier alpha value is -1.50. The first-order valence-electron chi connectivity index (χ1n) is 5.24. The summed E-state index contributed by atoms with van der Waals surface area (Å²) in [7, 11) is 0. The van der Waals surface area contributed by atoms with Crippen LogP contribution >= 0.6 is 27.3 Å². The van der Waals surface area contributed by atoms with Crippen molar-refractivity contribution in [2.45, 2.75) is 0 Å². The lowest BCUT2D eigenvalue weighted by atomic mass is 10.1. The lowest BCUT2D eigenvalue weighted by molar-refractivity contribution is 1.19. The summed E-state index contributed by atoms with van der Waals surface area (Å²) in [5.74, 6) is 6.16. The van der Waals surface area contributed by atoms with E-state index >= 15 is 0 Å². The number of hydrogen-bond acceptors (Lipinski definition) is 5. The molecule has 3 aromatic rings. The molecule has 0 fully saturated rings. The predicted molar refractivity (Wildman–Crippen MR) is 78.4 cm³/mol. The highest BCUT2D eigenvalue weighted by Gasteiger charge is 2.12. The maximum absolute atomic E-state index is 5.50. The third-order valence-corrected chi connectivity index (χ3v) is 4.08. The van der Waals surface area contributed by atoms with Gasteiger partial charge in [-0.25, -0.2) is 15.8 Å². The van der Waals surface area contributed by atoms with Gasteiger partial charge in [-0.3, -0.25) is 0 Å². The molecule has 3 N–H and O–H groups in total. The minimum atomic E-state index is 0.652. The van der Waals surface area contributed by atoms with E-state index in [-0.39, 0.29) is 0 Å². The summed E-state index contributed by atoms with van der Waals surface area (Å²) in [4.78, 5) is 9.33. The van der Waals surface area contributed by atoms with Crippen LogP contribution < -0.4 is 11.3 Å². The lowest BCUT2D eigenvalue weighted by Gasteiger charge is -2.04. The van der Waals surface area contributed by atoms with E-state index in [1.54, 1.807) is 11.3 Å². The molecule has 4 nitrogen and oxygen atoms in total. The van der Waals surface area contributed by atoms with Crippen molar-refractivity contribution in [2.24, 2.45) is 5.84 Å². The number of hydrazine groups is 1. The highest BCUT2D eigenvalue weighted by molar-refractivity contribution is 9.10. The fourth-order valence-corrected chi connectivity index (χ4v) is 3.01. The first-order chi connectivity index (χ1) is 8.79. The molecule has 0 saturated heterocycles. The van der Waals surface area contributed by atoms with Crippen molar-refractivity contribution in [1.29, 1.82) is 0 Å². The molecule has 3 rings (SSSR count). The van der Waals surface area contributed by atoms with Crippen LogP contribution in [-0.4, -0.2) is 9.97 Å². The van der Waals surface area contributed by atoms with Crippen molar-refractivity contribution < 1.29 is 0 Å². The Balaban J connectivity index is 2.26. The molecule has 0 aliphatic carbocycles. The molecule has 0 atom stereocenters. The standard InChI is InChI=1S/C12H9BrN4S/c13-8-3-1-7(2-4-8)9-5-18-12-10(9)11(17-14)15-6-16-12/h1-6H,14H2,(H,15,16,17). The Morgan fingerprint density at radius 2 is 1.94 bits per heavy atom. The number of nitrogens with two attached hydrogens (primary N) is 1. The molecule has 90 valence electrons. The Bertz CT molecular complexity index is 693. The molecule has 0 spiro atoms. The number of halogens is 1. The molecule has 0 bridgehead atoms. The second kappa shape index (κ2) is 4.64. The van der Waals surface area contributed by atoms with E-state index in [0.29, 0.717) is 5.82 Å². The number of anilines is 1. The van der Waals surface area contributed by atoms with Gasteiger partial charge >= 0.3 is 0 Å². The molecule has 0 unspecified atom stereocenters. The van der Waals surface area contributed by atoms with E-state index in [9.17, 15) is 0 Å². The van der Waals surface area contributed by atoms with Gasteiger partial charge in [0.25, 0.3) is 0 Å². The van der Waals surface area contributed by atoms with Crippen molar-refractivity contribution in [3.8, 4) is 11.1 Å². The predicted octanol–water partition coefficient (Wildman–Crippen LogP) is 3.41. The zero-order valence-electron chi connectivity index (χ0n) is 9.22. The molecular weight excluding hydrogens is 312 g/mol. The summed E-state index contributed by atoms with van der Waals surface area (Å²) in [5, 5.41) is 3.04. The minimum Gasteiger partial charge on any atom is -0.308 e. The summed E-state index contributed by atoms with van der Waals surface area (Å²) in [6, 6.07) is 8.13. The molecule has 1 aromatic carbocycles. The molecule has 0 aliphatic rings. The van der Waals surface area contributed by atoms with Gasteiger partial charge in [0.1, 0.15) is 11.2 Å². The third kappa shape index (κ3) is 1.88. The van der Waals surface area contributed by atoms with Crippen LogP contribution in [0.3, 0.4) is 0 Å². The van der Waals surface area contributed by atoms with Crippen molar-refractivity contribution in [3.05, 3.63) is 40.4 Å². The van der Waals surface area contributed by atoms with Crippen LogP contribution in [0.2, 0.25) is 0 Å². The summed E-state index contributed by atoms with van der Waals surface area (Å²) < 4.78 is 1.05. The van der Waals surface area contributed by atoms with Gasteiger partial charge in [0.05, 0.1) is 5.39 Å². The number of aromatic nitrogens is 2. The van der Waals surface area contributed by atoms with Crippen LogP contribution in [0.1, 0.15) is 0 Å². The van der Waals surface area contributed by atoms with Gasteiger partial charge < -0.3 is 5.43 Å². The molecule has 2 aromatic heterocycles. The Morgan fingerprint density at radius 3 is 2.67 bits per heavy atom. The number of thiophene rings is 1. The average Bonchev–Trinajstić information content (AvgIpc) is 2.83. The summed E-state index contributed by atoms with van der Waals surface area (Å²) in [6.07, 6.45) is 1.51. The van der Waals surface area contributed by atoms with Gasteiger partial charge in [0, 0.05) is 15.4 Å². The van der Waals surface area contributed by atoms with Gasteiger partial charge in [-0.05, 0) is 17.7 Å². The molecule has 2 heterocycles. The van der Waals surface area contributed by atoms with E-state index in [0.717, 1.165) is 25.8 Å². The van der Waals surface area contributed by atoms with E-state index in [4.69, 9.17) is 5.84 Å². The Labute approximate surface area is 116 Å². The van der Waals surface area contributed by atoms with Crippen LogP contribution in [0, 0.1) is 0 Å². The zero-order valence-corrected chi connectivity index (χ0v) is 11.6. The van der Waals surface area contributed by atoms with Crippen LogP contribution in [0.5, 0.6) is 0 Å². The molecule has 18 heavy (non-hydrogen) atoms. The van der Waals surface area contributed by atoms with Crippen LogP contribution in [0.15, 0.2) is 40.4 Å². The topological polar surface area (TPSA) is 63.8 Å². The molecular formula is C12H9BrN4S. The summed E-state index contributed by atoms with van der Waals surface area (Å²) in [5.41, 5.74) is 4.84. The molecule has 0 amide bonds. The number of nitrogens with zero attached hydrogens (tertiary/aromatic N) is 2. The second-order valence-electron chi connectivity index (χ2n) is 3.70. The maximum Gasteiger partial charge on any atom is 0.152 e. The normalized spacial score (nSPS) is 10.8. The lowest BCUT2D eigenvalue weighted by Crippen LogP contribution is -2.08. The van der Waals surface area contributed by atoms with Crippen LogP contribution in [-0.2, 0) is 0 Å². The number of nitrogen functional groups attached to an aromatic ring is 1. The van der Waals surface area contributed by atoms with Gasteiger partial charge in [-0.15, -0.1) is 11.3 Å². The number of nitrogens with one attached hydrogen (secondary N) is 1. The Kier molecular flexibility index (Phi) is 2.99. The van der Waals surface area contributed by atoms with E-state index < -0.39 is 0 Å². The SMILES string of the molecule is NNc1ncnc2scc(-c3ccc(Br)cc3)c12. The van der Waals surface area contributed by atoms with E-state index in [2.05, 4.69) is 48.8 Å². The van der Waals surface area contributed by atoms with E-state index in [1.165, 1.54) is 6.33 Å². The minimum absolute atomic E-state index is 0.652. The smallest absolute Gasteiger partial charge is 0.152 e. The van der Waals surface area contributed by atoms with Gasteiger partial charge in [-0.1, -0.05) is 28.1 Å². The van der Waals surface area contributed by atoms with Gasteiger partial charge in [0.2, 0.25) is 0 Å². The molecule has 6 heteroatoms. The van der Waals surface area contributed by atoms with Crippen LogP contribution in [0.4, 0.5) is 5.82 Å². The van der Waals surface area contributed by atoms with Gasteiger partial charge in [-0.2, -0.15) is 0 Å². The fourth-order valence-electron chi connectivity index (χ4n) is 1.83. The highest BCUT2D eigenvalue weighted by atomic mass is 79.9. The van der Waals surface area contributed by atoms with Crippen molar-refractivity contribution in [1.82, 2.24) is 9.97 Å². The number of benzene rings is 1. The van der Waals surface area contributed by atoms with Crippen molar-refractivity contribution in [3.63, 3.8) is 0 Å².